The summed E-state index contributed by atoms with van der Waals surface area (Å²) >= 11 is 1.72. The first-order valence-corrected chi connectivity index (χ1v) is 8.03. The van der Waals surface area contributed by atoms with Gasteiger partial charge >= 0.3 is 0 Å². The molecule has 0 saturated carbocycles. The SMILES string of the molecule is CCCNC(c1cc2cc(F)ccc2o1)c1sccc1C. The van der Waals surface area contributed by atoms with E-state index in [2.05, 4.69) is 30.6 Å². The number of fused-ring (bicyclic) bond motifs is 1. The lowest BCUT2D eigenvalue weighted by atomic mass is 10.1. The van der Waals surface area contributed by atoms with E-state index >= 15 is 0 Å². The van der Waals surface area contributed by atoms with Gasteiger partial charge in [0, 0.05) is 10.3 Å². The van der Waals surface area contributed by atoms with Crippen molar-refractivity contribution in [2.75, 3.05) is 6.54 Å². The van der Waals surface area contributed by atoms with Gasteiger partial charge in [-0.05, 0) is 61.2 Å². The largest absolute Gasteiger partial charge is 0.459 e. The molecule has 2 aromatic heterocycles. The summed E-state index contributed by atoms with van der Waals surface area (Å²) in [5.41, 5.74) is 1.98. The van der Waals surface area contributed by atoms with E-state index in [1.807, 2.05) is 6.07 Å². The van der Waals surface area contributed by atoms with Gasteiger partial charge in [0.1, 0.15) is 23.2 Å². The Morgan fingerprint density at radius 3 is 2.86 bits per heavy atom. The second-order valence-corrected chi connectivity index (χ2v) is 6.13. The molecule has 1 N–H and O–H groups in total. The van der Waals surface area contributed by atoms with E-state index in [0.29, 0.717) is 0 Å². The molecule has 0 radical (unpaired) electrons. The summed E-state index contributed by atoms with van der Waals surface area (Å²) in [7, 11) is 0. The smallest absolute Gasteiger partial charge is 0.134 e. The molecule has 110 valence electrons. The molecular weight excluding hydrogens is 285 g/mol. The molecule has 1 unspecified atom stereocenters. The van der Waals surface area contributed by atoms with Gasteiger partial charge < -0.3 is 9.73 Å². The van der Waals surface area contributed by atoms with Crippen molar-refractivity contribution in [2.24, 2.45) is 0 Å². The van der Waals surface area contributed by atoms with Crippen LogP contribution in [0.3, 0.4) is 0 Å². The number of furan rings is 1. The van der Waals surface area contributed by atoms with Crippen LogP contribution in [0.4, 0.5) is 4.39 Å². The van der Waals surface area contributed by atoms with Crippen LogP contribution in [-0.2, 0) is 0 Å². The summed E-state index contributed by atoms with van der Waals surface area (Å²) in [6, 6.07) is 8.71. The van der Waals surface area contributed by atoms with Gasteiger partial charge in [0.2, 0.25) is 0 Å². The molecule has 0 aliphatic carbocycles. The van der Waals surface area contributed by atoms with Gasteiger partial charge in [0.25, 0.3) is 0 Å². The number of hydrogen-bond acceptors (Lipinski definition) is 3. The van der Waals surface area contributed by atoms with E-state index in [-0.39, 0.29) is 11.9 Å². The number of halogens is 1. The third kappa shape index (κ3) is 2.87. The maximum Gasteiger partial charge on any atom is 0.134 e. The van der Waals surface area contributed by atoms with E-state index in [1.54, 1.807) is 17.4 Å². The number of rotatable bonds is 5. The minimum absolute atomic E-state index is 0.0282. The Kier molecular flexibility index (Phi) is 4.08. The molecule has 0 fully saturated rings. The summed E-state index contributed by atoms with van der Waals surface area (Å²) in [6.07, 6.45) is 1.05. The number of nitrogens with one attached hydrogen (secondary N) is 1. The number of thiophene rings is 1. The lowest BCUT2D eigenvalue weighted by Gasteiger charge is -2.15. The zero-order valence-electron chi connectivity index (χ0n) is 12.2. The third-order valence-corrected chi connectivity index (χ3v) is 4.63. The van der Waals surface area contributed by atoms with Crippen molar-refractivity contribution in [3.8, 4) is 0 Å². The van der Waals surface area contributed by atoms with Crippen LogP contribution in [0.5, 0.6) is 0 Å². The Morgan fingerprint density at radius 1 is 1.29 bits per heavy atom. The topological polar surface area (TPSA) is 25.2 Å². The zero-order chi connectivity index (χ0) is 14.8. The molecule has 2 heterocycles. The van der Waals surface area contributed by atoms with Crippen LogP contribution in [0.25, 0.3) is 11.0 Å². The molecule has 0 saturated heterocycles. The predicted octanol–water partition coefficient (Wildman–Crippen LogP) is 5.03. The van der Waals surface area contributed by atoms with Crippen LogP contribution in [0.1, 0.15) is 35.6 Å². The van der Waals surface area contributed by atoms with Crippen LogP contribution in [0.15, 0.2) is 40.1 Å². The first kappa shape index (κ1) is 14.3. The average Bonchev–Trinajstić information content (AvgIpc) is 3.06. The molecule has 21 heavy (non-hydrogen) atoms. The van der Waals surface area contributed by atoms with E-state index in [1.165, 1.54) is 22.6 Å². The van der Waals surface area contributed by atoms with Gasteiger partial charge in [0.15, 0.2) is 0 Å². The molecule has 0 amide bonds. The molecule has 3 aromatic rings. The highest BCUT2D eigenvalue weighted by Crippen LogP contribution is 2.33. The van der Waals surface area contributed by atoms with Gasteiger partial charge in [0.05, 0.1) is 0 Å². The minimum atomic E-state index is -0.236. The van der Waals surface area contributed by atoms with Crippen molar-refractivity contribution < 1.29 is 8.81 Å². The minimum Gasteiger partial charge on any atom is -0.459 e. The van der Waals surface area contributed by atoms with Crippen LogP contribution >= 0.6 is 11.3 Å². The first-order valence-electron chi connectivity index (χ1n) is 7.15. The van der Waals surface area contributed by atoms with Gasteiger partial charge in [-0.3, -0.25) is 0 Å². The highest BCUT2D eigenvalue weighted by Gasteiger charge is 2.21. The molecule has 3 rings (SSSR count). The summed E-state index contributed by atoms with van der Waals surface area (Å²) in [6.45, 7) is 5.15. The molecule has 1 atom stereocenters. The summed E-state index contributed by atoms with van der Waals surface area (Å²) in [4.78, 5) is 1.25. The Bertz CT molecular complexity index is 746. The van der Waals surface area contributed by atoms with Crippen LogP contribution in [-0.4, -0.2) is 6.54 Å². The fourth-order valence-electron chi connectivity index (χ4n) is 2.47. The van der Waals surface area contributed by atoms with Crippen molar-refractivity contribution >= 4 is 22.3 Å². The first-order chi connectivity index (χ1) is 10.2. The highest BCUT2D eigenvalue weighted by atomic mass is 32.1. The highest BCUT2D eigenvalue weighted by molar-refractivity contribution is 7.10. The molecule has 1 aromatic carbocycles. The maximum absolute atomic E-state index is 13.3. The van der Waals surface area contributed by atoms with E-state index in [0.717, 1.165) is 29.7 Å². The lowest BCUT2D eigenvalue weighted by molar-refractivity contribution is 0.472. The Labute approximate surface area is 127 Å². The number of aryl methyl sites for hydroxylation is 1. The lowest BCUT2D eigenvalue weighted by Crippen LogP contribution is -2.22. The standard InChI is InChI=1S/C17H18FNOS/c1-3-7-19-16(17-11(2)6-8-21-17)15-10-12-9-13(18)4-5-14(12)20-15/h4-6,8-10,16,19H,3,7H2,1-2H3. The second-order valence-electron chi connectivity index (χ2n) is 5.19. The van der Waals surface area contributed by atoms with Crippen molar-refractivity contribution in [1.29, 1.82) is 0 Å². The molecule has 0 aliphatic rings. The van der Waals surface area contributed by atoms with E-state index in [9.17, 15) is 4.39 Å². The summed E-state index contributed by atoms with van der Waals surface area (Å²) in [5.74, 6) is 0.606. The van der Waals surface area contributed by atoms with Gasteiger partial charge in [-0.15, -0.1) is 11.3 Å². The molecule has 0 bridgehead atoms. The van der Waals surface area contributed by atoms with Crippen molar-refractivity contribution in [1.82, 2.24) is 5.32 Å². The monoisotopic (exact) mass is 303 g/mol. The Morgan fingerprint density at radius 2 is 2.14 bits per heavy atom. The quantitative estimate of drug-likeness (QED) is 0.715. The van der Waals surface area contributed by atoms with Crippen LogP contribution < -0.4 is 5.32 Å². The Hall–Kier alpha value is -1.65. The molecule has 0 spiro atoms. The van der Waals surface area contributed by atoms with Gasteiger partial charge in [-0.2, -0.15) is 0 Å². The Balaban J connectivity index is 2.03. The van der Waals surface area contributed by atoms with Crippen LogP contribution in [0, 0.1) is 12.7 Å². The average molecular weight is 303 g/mol. The number of hydrogen-bond donors (Lipinski definition) is 1. The summed E-state index contributed by atoms with van der Waals surface area (Å²) < 4.78 is 19.3. The predicted molar refractivity (Wildman–Crippen MR) is 85.4 cm³/mol. The number of benzene rings is 1. The van der Waals surface area contributed by atoms with Crippen LogP contribution in [0.2, 0.25) is 0 Å². The second kappa shape index (κ2) is 6.00. The fourth-order valence-corrected chi connectivity index (χ4v) is 3.48. The molecule has 2 nitrogen and oxygen atoms in total. The third-order valence-electron chi connectivity index (χ3n) is 3.54. The van der Waals surface area contributed by atoms with Crippen molar-refractivity contribution in [3.63, 3.8) is 0 Å². The molecule has 4 heteroatoms. The molecule has 0 aliphatic heterocycles. The molecular formula is C17H18FNOS. The van der Waals surface area contributed by atoms with Gasteiger partial charge in [-0.25, -0.2) is 4.39 Å². The maximum atomic E-state index is 13.3. The van der Waals surface area contributed by atoms with E-state index < -0.39 is 0 Å². The fraction of sp³-hybridized carbons (Fsp3) is 0.294. The zero-order valence-corrected chi connectivity index (χ0v) is 13.0. The van der Waals surface area contributed by atoms with Crippen molar-refractivity contribution in [3.05, 3.63) is 57.7 Å². The van der Waals surface area contributed by atoms with Gasteiger partial charge in [-0.1, -0.05) is 6.92 Å². The summed E-state index contributed by atoms with van der Waals surface area (Å²) in [5, 5.41) is 6.43. The normalized spacial score (nSPS) is 12.9. The van der Waals surface area contributed by atoms with Crippen molar-refractivity contribution in [2.45, 2.75) is 26.3 Å². The van der Waals surface area contributed by atoms with E-state index in [4.69, 9.17) is 4.42 Å².